The van der Waals surface area contributed by atoms with Crippen molar-refractivity contribution in [2.45, 2.75) is 55.3 Å². The van der Waals surface area contributed by atoms with Crippen molar-refractivity contribution in [1.82, 2.24) is 0 Å². The number of phenols is 2. The van der Waals surface area contributed by atoms with Crippen LogP contribution in [0.4, 0.5) is 0 Å². The molecule has 0 bridgehead atoms. The summed E-state index contributed by atoms with van der Waals surface area (Å²) < 4.78 is 28.0. The molecule has 1 aromatic heterocycles. The Hall–Kier alpha value is -3.31. The van der Waals surface area contributed by atoms with Crippen molar-refractivity contribution in [2.24, 2.45) is 0 Å². The van der Waals surface area contributed by atoms with Crippen molar-refractivity contribution < 1.29 is 64.2 Å². The summed E-state index contributed by atoms with van der Waals surface area (Å²) in [5, 5.41) is 80.7. The molecule has 14 heteroatoms. The summed E-state index contributed by atoms with van der Waals surface area (Å²) in [5.41, 5.74) is -0.180. The zero-order valence-corrected chi connectivity index (χ0v) is 20.7. The SMILES string of the molecule is O=c1cc(-c2ccc(O)cc2)oc2cc(O[C@@H]3O[C@H](CO)[C@@H](O)[C@H](O)[C@H]3O[C@@H]3OC[C@@H](O)[C@H](O)[C@H]3O)cc(O)c12. The lowest BCUT2D eigenvalue weighted by Crippen LogP contribution is -2.63. The molecule has 0 radical (unpaired) electrons. The van der Waals surface area contributed by atoms with Crippen LogP contribution in [0.5, 0.6) is 17.2 Å². The number of hydrogen-bond acceptors (Lipinski definition) is 14. The van der Waals surface area contributed by atoms with Gasteiger partial charge in [0.1, 0.15) is 70.6 Å². The van der Waals surface area contributed by atoms with Crippen molar-refractivity contribution in [3.05, 3.63) is 52.7 Å². The quantitative estimate of drug-likeness (QED) is 0.171. The summed E-state index contributed by atoms with van der Waals surface area (Å²) in [5.74, 6) is -0.494. The average Bonchev–Trinajstić information content (AvgIpc) is 2.92. The molecule has 3 aromatic rings. The highest BCUT2D eigenvalue weighted by atomic mass is 16.8. The molecule has 0 amide bonds. The molecule has 0 spiro atoms. The first-order chi connectivity index (χ1) is 19.1. The predicted octanol–water partition coefficient (Wildman–Crippen LogP) is -1.49. The molecule has 14 nitrogen and oxygen atoms in total. The highest BCUT2D eigenvalue weighted by molar-refractivity contribution is 5.86. The first-order valence-electron chi connectivity index (χ1n) is 12.3. The van der Waals surface area contributed by atoms with Crippen LogP contribution in [0, 0.1) is 0 Å². The van der Waals surface area contributed by atoms with Crippen molar-refractivity contribution in [1.29, 1.82) is 0 Å². The van der Waals surface area contributed by atoms with Crippen LogP contribution in [0.15, 0.2) is 51.7 Å². The van der Waals surface area contributed by atoms with Gasteiger partial charge in [-0.15, -0.1) is 0 Å². The lowest BCUT2D eigenvalue weighted by atomic mass is 9.98. The fourth-order valence-corrected chi connectivity index (χ4v) is 4.56. The van der Waals surface area contributed by atoms with E-state index >= 15 is 0 Å². The zero-order chi connectivity index (χ0) is 28.7. The maximum Gasteiger partial charge on any atom is 0.229 e. The Morgan fingerprint density at radius 2 is 1.60 bits per heavy atom. The minimum Gasteiger partial charge on any atom is -0.508 e. The Kier molecular flexibility index (Phi) is 7.96. The standard InChI is InChI=1S/C26H28O14/c27-8-18-21(33)22(34)24(40-25-23(35)20(32)15(31)9-36-25)26(39-18)37-12-5-13(29)19-14(30)7-16(38-17(19)6-12)10-1-3-11(28)4-2-10/h1-7,15,18,20-29,31-35H,8-9H2/t15-,18-,20+,21-,22+,23-,24-,25+,26-/m1/s1. The van der Waals surface area contributed by atoms with E-state index in [1.807, 2.05) is 0 Å². The van der Waals surface area contributed by atoms with Crippen molar-refractivity contribution >= 4 is 11.0 Å². The number of rotatable bonds is 6. The maximum atomic E-state index is 12.8. The van der Waals surface area contributed by atoms with E-state index in [0.29, 0.717) is 5.56 Å². The van der Waals surface area contributed by atoms with Crippen LogP contribution in [0.2, 0.25) is 0 Å². The van der Waals surface area contributed by atoms with Crippen LogP contribution >= 0.6 is 0 Å². The fourth-order valence-electron chi connectivity index (χ4n) is 4.56. The molecule has 2 saturated heterocycles. The molecule has 2 aromatic carbocycles. The van der Waals surface area contributed by atoms with E-state index in [9.17, 15) is 45.6 Å². The largest absolute Gasteiger partial charge is 0.508 e. The molecular formula is C26H28O14. The van der Waals surface area contributed by atoms with Crippen LogP contribution in [-0.4, -0.2) is 109 Å². The number of benzene rings is 2. The molecule has 0 saturated carbocycles. The molecule has 9 atom stereocenters. The van der Waals surface area contributed by atoms with Crippen LogP contribution in [-0.2, 0) is 14.2 Å². The van der Waals surface area contributed by atoms with E-state index in [1.165, 1.54) is 36.4 Å². The lowest BCUT2D eigenvalue weighted by molar-refractivity contribution is -0.344. The highest BCUT2D eigenvalue weighted by Gasteiger charge is 2.49. The van der Waals surface area contributed by atoms with Crippen LogP contribution < -0.4 is 10.2 Å². The molecule has 2 fully saturated rings. The molecule has 0 unspecified atom stereocenters. The van der Waals surface area contributed by atoms with Gasteiger partial charge in [0.05, 0.1) is 13.2 Å². The Labute approximate surface area is 225 Å². The van der Waals surface area contributed by atoms with Gasteiger partial charge >= 0.3 is 0 Å². The van der Waals surface area contributed by atoms with Gasteiger partial charge in [0.15, 0.2) is 17.8 Å². The zero-order valence-electron chi connectivity index (χ0n) is 20.7. The van der Waals surface area contributed by atoms with Gasteiger partial charge < -0.3 is 64.2 Å². The normalized spacial score (nSPS) is 32.7. The molecule has 0 aliphatic carbocycles. The van der Waals surface area contributed by atoms with Crippen molar-refractivity contribution in [2.75, 3.05) is 13.2 Å². The summed E-state index contributed by atoms with van der Waals surface area (Å²) in [6.45, 7) is -1.12. The van der Waals surface area contributed by atoms with Gasteiger partial charge in [0, 0.05) is 23.8 Å². The number of hydrogen-bond donors (Lipinski definition) is 8. The van der Waals surface area contributed by atoms with E-state index < -0.39 is 79.7 Å². The Morgan fingerprint density at radius 3 is 2.30 bits per heavy atom. The Morgan fingerprint density at radius 1 is 0.875 bits per heavy atom. The van der Waals surface area contributed by atoms with E-state index in [-0.39, 0.29) is 28.2 Å². The lowest BCUT2D eigenvalue weighted by Gasteiger charge is -2.44. The van der Waals surface area contributed by atoms with Gasteiger partial charge in [-0.1, -0.05) is 0 Å². The summed E-state index contributed by atoms with van der Waals surface area (Å²) in [4.78, 5) is 12.8. The summed E-state index contributed by atoms with van der Waals surface area (Å²) >= 11 is 0. The maximum absolute atomic E-state index is 12.8. The molecule has 2 aliphatic rings. The van der Waals surface area contributed by atoms with Gasteiger partial charge in [0.25, 0.3) is 0 Å². The topological polar surface area (TPSA) is 229 Å². The van der Waals surface area contributed by atoms with Gasteiger partial charge in [-0.25, -0.2) is 0 Å². The first-order valence-corrected chi connectivity index (χ1v) is 12.3. The minimum atomic E-state index is -1.75. The molecule has 2 aliphatic heterocycles. The van der Waals surface area contributed by atoms with Crippen LogP contribution in [0.3, 0.4) is 0 Å². The minimum absolute atomic E-state index is 0.00907. The number of phenolic OH excluding ortho intramolecular Hbond substituents is 2. The van der Waals surface area contributed by atoms with Gasteiger partial charge in [-0.2, -0.15) is 0 Å². The smallest absolute Gasteiger partial charge is 0.229 e. The van der Waals surface area contributed by atoms with Crippen molar-refractivity contribution in [3.8, 4) is 28.6 Å². The number of aromatic hydroxyl groups is 2. The number of ether oxygens (including phenoxy) is 4. The van der Waals surface area contributed by atoms with Crippen LogP contribution in [0.1, 0.15) is 0 Å². The second kappa shape index (κ2) is 11.3. The third-order valence-electron chi connectivity index (χ3n) is 6.76. The molecule has 8 N–H and O–H groups in total. The summed E-state index contributed by atoms with van der Waals surface area (Å²) in [6.07, 6.45) is -14.2. The van der Waals surface area contributed by atoms with Crippen molar-refractivity contribution in [3.63, 3.8) is 0 Å². The molecule has 40 heavy (non-hydrogen) atoms. The average molecular weight is 564 g/mol. The monoisotopic (exact) mass is 564 g/mol. The third-order valence-corrected chi connectivity index (χ3v) is 6.76. The Balaban J connectivity index is 1.47. The second-order valence-corrected chi connectivity index (χ2v) is 9.51. The Bertz CT molecular complexity index is 1390. The van der Waals surface area contributed by atoms with Gasteiger partial charge in [-0.05, 0) is 24.3 Å². The molecule has 216 valence electrons. The predicted molar refractivity (Wildman–Crippen MR) is 132 cm³/mol. The van der Waals surface area contributed by atoms with E-state index in [0.717, 1.165) is 6.07 Å². The number of fused-ring (bicyclic) bond motifs is 1. The second-order valence-electron chi connectivity index (χ2n) is 9.51. The third kappa shape index (κ3) is 5.36. The highest BCUT2D eigenvalue weighted by Crippen LogP contribution is 2.34. The summed E-state index contributed by atoms with van der Waals surface area (Å²) in [6, 6.07) is 9.37. The molecular weight excluding hydrogens is 536 g/mol. The first kappa shape index (κ1) is 28.2. The van der Waals surface area contributed by atoms with E-state index in [4.69, 9.17) is 23.4 Å². The van der Waals surface area contributed by atoms with Crippen LogP contribution in [0.25, 0.3) is 22.3 Å². The fraction of sp³-hybridized carbons (Fsp3) is 0.423. The number of aliphatic hydroxyl groups is 6. The van der Waals surface area contributed by atoms with Gasteiger partial charge in [-0.3, -0.25) is 4.79 Å². The van der Waals surface area contributed by atoms with E-state index in [1.54, 1.807) is 0 Å². The number of aliphatic hydroxyl groups excluding tert-OH is 6. The molecule has 5 rings (SSSR count). The van der Waals surface area contributed by atoms with E-state index in [2.05, 4.69) is 0 Å². The van der Waals surface area contributed by atoms with Gasteiger partial charge in [0.2, 0.25) is 6.29 Å². The summed E-state index contributed by atoms with van der Waals surface area (Å²) in [7, 11) is 0. The molecule has 3 heterocycles.